The summed E-state index contributed by atoms with van der Waals surface area (Å²) in [7, 11) is 0. The van der Waals surface area contributed by atoms with Crippen molar-refractivity contribution in [2.45, 2.75) is 0 Å². The average molecular weight is 194 g/mol. The van der Waals surface area contributed by atoms with Crippen LogP contribution in [-0.4, -0.2) is 4.98 Å². The summed E-state index contributed by atoms with van der Waals surface area (Å²) < 4.78 is 0. The molecule has 2 rings (SSSR count). The Morgan fingerprint density at radius 2 is 2.00 bits per heavy atom. The van der Waals surface area contributed by atoms with Crippen LogP contribution in [-0.2, 0) is 0 Å². The lowest BCUT2D eigenvalue weighted by molar-refractivity contribution is 1.41. The van der Waals surface area contributed by atoms with Gasteiger partial charge < -0.3 is 11.5 Å². The monoisotopic (exact) mass is 193 g/mol. The van der Waals surface area contributed by atoms with E-state index in [1.165, 1.54) is 0 Å². The van der Waals surface area contributed by atoms with Gasteiger partial charge in [0.25, 0.3) is 0 Å². The van der Waals surface area contributed by atoms with Crippen LogP contribution in [0.25, 0.3) is 10.9 Å². The number of rotatable bonds is 0. The van der Waals surface area contributed by atoms with E-state index in [9.17, 15) is 0 Å². The number of fused-ring (bicyclic) bond motifs is 1. The first-order valence-electron chi connectivity index (χ1n) is 3.78. The average Bonchev–Trinajstić information content (AvgIpc) is 2.15. The lowest BCUT2D eigenvalue weighted by Gasteiger charge is -2.05. The Balaban J connectivity index is 2.94. The van der Waals surface area contributed by atoms with Gasteiger partial charge in [0.1, 0.15) is 0 Å². The predicted octanol–water partition coefficient (Wildman–Crippen LogP) is 2.05. The van der Waals surface area contributed by atoms with Gasteiger partial charge in [0.05, 0.1) is 21.9 Å². The summed E-state index contributed by atoms with van der Waals surface area (Å²) in [5, 5.41) is 1.37. The Bertz CT molecular complexity index is 468. The van der Waals surface area contributed by atoms with Gasteiger partial charge in [-0.2, -0.15) is 0 Å². The standard InChI is InChI=1S/C9H8ClN3/c10-6-4-5-2-1-3-13-9(5)8(12)7(6)11/h1-4H,11-12H2. The number of pyridine rings is 1. The third kappa shape index (κ3) is 1.17. The largest absolute Gasteiger partial charge is 0.396 e. The molecule has 0 unspecified atom stereocenters. The zero-order valence-corrected chi connectivity index (χ0v) is 7.55. The van der Waals surface area contributed by atoms with Crippen LogP contribution in [0.15, 0.2) is 24.4 Å². The molecule has 4 heteroatoms. The summed E-state index contributed by atoms with van der Waals surface area (Å²) >= 11 is 5.86. The molecule has 4 N–H and O–H groups in total. The highest BCUT2D eigenvalue weighted by Gasteiger charge is 2.06. The zero-order chi connectivity index (χ0) is 9.42. The van der Waals surface area contributed by atoms with Crippen LogP contribution < -0.4 is 11.5 Å². The van der Waals surface area contributed by atoms with Crippen molar-refractivity contribution in [2.24, 2.45) is 0 Å². The van der Waals surface area contributed by atoms with Crippen molar-refractivity contribution in [1.82, 2.24) is 4.98 Å². The second-order valence-corrected chi connectivity index (χ2v) is 3.17. The molecule has 0 spiro atoms. The minimum atomic E-state index is 0.396. The van der Waals surface area contributed by atoms with Crippen molar-refractivity contribution in [3.63, 3.8) is 0 Å². The molecule has 0 aliphatic carbocycles. The van der Waals surface area contributed by atoms with Gasteiger partial charge >= 0.3 is 0 Å². The van der Waals surface area contributed by atoms with Crippen LogP contribution in [0.1, 0.15) is 0 Å². The zero-order valence-electron chi connectivity index (χ0n) is 6.79. The van der Waals surface area contributed by atoms with Gasteiger partial charge in [0, 0.05) is 11.6 Å². The number of nitrogen functional groups attached to an aromatic ring is 2. The van der Waals surface area contributed by atoms with Gasteiger partial charge in [0.2, 0.25) is 0 Å². The first-order chi connectivity index (χ1) is 6.20. The lowest BCUT2D eigenvalue weighted by atomic mass is 10.1. The summed E-state index contributed by atoms with van der Waals surface area (Å²) in [6.45, 7) is 0. The number of halogens is 1. The number of aromatic nitrogens is 1. The Labute approximate surface area is 80.3 Å². The molecule has 3 nitrogen and oxygen atoms in total. The highest BCUT2D eigenvalue weighted by atomic mass is 35.5. The highest BCUT2D eigenvalue weighted by Crippen LogP contribution is 2.31. The van der Waals surface area contributed by atoms with Crippen molar-refractivity contribution in [3.8, 4) is 0 Å². The smallest absolute Gasteiger partial charge is 0.0953 e. The van der Waals surface area contributed by atoms with E-state index in [2.05, 4.69) is 4.98 Å². The van der Waals surface area contributed by atoms with Gasteiger partial charge in [-0.15, -0.1) is 0 Å². The SMILES string of the molecule is Nc1c(Cl)cc2cccnc2c1N. The fraction of sp³-hybridized carbons (Fsp3) is 0. The Morgan fingerprint density at radius 3 is 2.77 bits per heavy atom. The molecule has 0 aliphatic rings. The first kappa shape index (κ1) is 8.13. The molecule has 0 atom stereocenters. The molecule has 0 saturated heterocycles. The van der Waals surface area contributed by atoms with E-state index in [4.69, 9.17) is 23.1 Å². The number of benzene rings is 1. The Morgan fingerprint density at radius 1 is 1.23 bits per heavy atom. The number of nitrogens with two attached hydrogens (primary N) is 2. The number of hydrogen-bond donors (Lipinski definition) is 2. The van der Waals surface area contributed by atoms with E-state index >= 15 is 0 Å². The Kier molecular flexibility index (Phi) is 1.74. The molecule has 0 fully saturated rings. The number of nitrogens with zero attached hydrogens (tertiary/aromatic N) is 1. The number of anilines is 2. The van der Waals surface area contributed by atoms with E-state index in [0.717, 1.165) is 5.39 Å². The van der Waals surface area contributed by atoms with E-state index in [1.807, 2.05) is 12.1 Å². The molecule has 2 aromatic rings. The second-order valence-electron chi connectivity index (χ2n) is 2.76. The van der Waals surface area contributed by atoms with Crippen molar-refractivity contribution in [2.75, 3.05) is 11.5 Å². The fourth-order valence-corrected chi connectivity index (χ4v) is 1.45. The van der Waals surface area contributed by atoms with Crippen LogP contribution in [0.2, 0.25) is 5.02 Å². The molecule has 0 bridgehead atoms. The van der Waals surface area contributed by atoms with Gasteiger partial charge in [-0.05, 0) is 12.1 Å². The van der Waals surface area contributed by atoms with E-state index < -0.39 is 0 Å². The maximum absolute atomic E-state index is 5.86. The lowest BCUT2D eigenvalue weighted by Crippen LogP contribution is -1.97. The predicted molar refractivity (Wildman–Crippen MR) is 55.6 cm³/mol. The molecule has 0 radical (unpaired) electrons. The minimum Gasteiger partial charge on any atom is -0.396 e. The van der Waals surface area contributed by atoms with Gasteiger partial charge in [0.15, 0.2) is 0 Å². The molecule has 66 valence electrons. The van der Waals surface area contributed by atoms with Gasteiger partial charge in [-0.25, -0.2) is 0 Å². The van der Waals surface area contributed by atoms with Crippen LogP contribution in [0.5, 0.6) is 0 Å². The van der Waals surface area contributed by atoms with Crippen LogP contribution in [0, 0.1) is 0 Å². The van der Waals surface area contributed by atoms with Crippen molar-refractivity contribution < 1.29 is 0 Å². The van der Waals surface area contributed by atoms with Gasteiger partial charge in [-0.3, -0.25) is 4.98 Å². The van der Waals surface area contributed by atoms with Crippen LogP contribution in [0.3, 0.4) is 0 Å². The molecule has 1 aromatic heterocycles. The second kappa shape index (κ2) is 2.78. The normalized spacial score (nSPS) is 10.5. The van der Waals surface area contributed by atoms with E-state index in [1.54, 1.807) is 12.3 Å². The first-order valence-corrected chi connectivity index (χ1v) is 4.16. The third-order valence-corrected chi connectivity index (χ3v) is 2.24. The van der Waals surface area contributed by atoms with E-state index in [-0.39, 0.29) is 0 Å². The van der Waals surface area contributed by atoms with Crippen molar-refractivity contribution in [1.29, 1.82) is 0 Å². The molecule has 0 amide bonds. The molecular formula is C9H8ClN3. The third-order valence-electron chi connectivity index (χ3n) is 1.92. The summed E-state index contributed by atoms with van der Waals surface area (Å²) in [4.78, 5) is 4.12. The summed E-state index contributed by atoms with van der Waals surface area (Å²) in [5.41, 5.74) is 12.9. The molecule has 0 aliphatic heterocycles. The van der Waals surface area contributed by atoms with Crippen molar-refractivity contribution in [3.05, 3.63) is 29.4 Å². The summed E-state index contributed by atoms with van der Waals surface area (Å²) in [6, 6.07) is 5.48. The maximum Gasteiger partial charge on any atom is 0.0953 e. The van der Waals surface area contributed by atoms with Crippen molar-refractivity contribution >= 4 is 33.9 Å². The molecule has 0 saturated carbocycles. The summed E-state index contributed by atoms with van der Waals surface area (Å²) in [5.74, 6) is 0. The quantitative estimate of drug-likeness (QED) is 0.630. The van der Waals surface area contributed by atoms with Crippen LogP contribution >= 0.6 is 11.6 Å². The molecule has 13 heavy (non-hydrogen) atoms. The van der Waals surface area contributed by atoms with E-state index in [0.29, 0.717) is 21.9 Å². The van der Waals surface area contributed by atoms with Crippen LogP contribution in [0.4, 0.5) is 11.4 Å². The molecule has 1 aromatic carbocycles. The summed E-state index contributed by atoms with van der Waals surface area (Å²) in [6.07, 6.45) is 1.67. The Hall–Kier alpha value is -1.48. The topological polar surface area (TPSA) is 64.9 Å². The number of hydrogen-bond acceptors (Lipinski definition) is 3. The molecular weight excluding hydrogens is 186 g/mol. The van der Waals surface area contributed by atoms with Gasteiger partial charge in [-0.1, -0.05) is 17.7 Å². The minimum absolute atomic E-state index is 0.396. The highest BCUT2D eigenvalue weighted by molar-refractivity contribution is 6.35. The fourth-order valence-electron chi connectivity index (χ4n) is 1.23. The molecule has 1 heterocycles. The maximum atomic E-state index is 5.86.